The Labute approximate surface area is 141 Å². The van der Waals surface area contributed by atoms with Gasteiger partial charge in [-0.15, -0.1) is 0 Å². The van der Waals surface area contributed by atoms with Crippen molar-refractivity contribution in [3.63, 3.8) is 0 Å². The Bertz CT molecular complexity index is 857. The fourth-order valence-corrected chi connectivity index (χ4v) is 3.38. The highest BCUT2D eigenvalue weighted by Crippen LogP contribution is 2.25. The van der Waals surface area contributed by atoms with Crippen molar-refractivity contribution in [1.29, 1.82) is 0 Å². The van der Waals surface area contributed by atoms with Crippen LogP contribution in [0.15, 0.2) is 17.1 Å². The molecule has 0 saturated heterocycles. The minimum atomic E-state index is -0.485. The van der Waals surface area contributed by atoms with Gasteiger partial charge in [0.1, 0.15) is 4.88 Å². The van der Waals surface area contributed by atoms with Crippen LogP contribution in [0, 0.1) is 5.92 Å². The van der Waals surface area contributed by atoms with E-state index in [1.165, 1.54) is 18.0 Å². The molecular formula is C15H16N4O4S. The first-order valence-corrected chi connectivity index (χ1v) is 8.20. The van der Waals surface area contributed by atoms with Gasteiger partial charge >= 0.3 is 5.97 Å². The Hall–Kier alpha value is -2.55. The summed E-state index contributed by atoms with van der Waals surface area (Å²) in [4.78, 5) is 39.9. The van der Waals surface area contributed by atoms with E-state index in [0.29, 0.717) is 29.3 Å². The van der Waals surface area contributed by atoms with E-state index in [2.05, 4.69) is 20.1 Å². The number of hydrogen-bond donors (Lipinski definition) is 1. The molecule has 0 aromatic carbocycles. The fraction of sp³-hybridized carbons (Fsp3) is 0.400. The number of fused-ring (bicyclic) bond motifs is 1. The summed E-state index contributed by atoms with van der Waals surface area (Å²) in [7, 11) is 2.90. The van der Waals surface area contributed by atoms with E-state index in [1.54, 1.807) is 13.1 Å². The highest BCUT2D eigenvalue weighted by Gasteiger charge is 2.27. The van der Waals surface area contributed by atoms with Gasteiger partial charge in [0.2, 0.25) is 5.91 Å². The third kappa shape index (κ3) is 3.21. The monoisotopic (exact) mass is 348 g/mol. The normalized spacial score (nSPS) is 16.3. The molecule has 24 heavy (non-hydrogen) atoms. The number of carbonyl (C=O) groups excluding carboxylic acids is 2. The molecule has 8 nitrogen and oxygen atoms in total. The van der Waals surface area contributed by atoms with E-state index in [4.69, 9.17) is 0 Å². The SMILES string of the molecule is COC(=O)c1cnc(NC(=O)C2CCc3nn(C)c(=O)cc3C2)s1. The lowest BCUT2D eigenvalue weighted by Gasteiger charge is -2.22. The highest BCUT2D eigenvalue weighted by molar-refractivity contribution is 7.17. The third-order valence-electron chi connectivity index (χ3n) is 3.95. The van der Waals surface area contributed by atoms with Crippen LogP contribution in [-0.2, 0) is 29.4 Å². The van der Waals surface area contributed by atoms with Crippen molar-refractivity contribution in [2.45, 2.75) is 19.3 Å². The van der Waals surface area contributed by atoms with Crippen molar-refractivity contribution in [1.82, 2.24) is 14.8 Å². The van der Waals surface area contributed by atoms with Gasteiger partial charge in [-0.25, -0.2) is 14.5 Å². The fourth-order valence-electron chi connectivity index (χ4n) is 2.64. The number of ether oxygens (including phenoxy) is 1. The van der Waals surface area contributed by atoms with E-state index in [0.717, 1.165) is 22.6 Å². The summed E-state index contributed by atoms with van der Waals surface area (Å²) in [5, 5.41) is 7.31. The maximum atomic E-state index is 12.4. The second kappa shape index (κ2) is 6.52. The number of carbonyl (C=O) groups is 2. The summed E-state index contributed by atoms with van der Waals surface area (Å²) >= 11 is 1.06. The molecule has 1 aliphatic carbocycles. The van der Waals surface area contributed by atoms with Gasteiger partial charge in [0.05, 0.1) is 19.0 Å². The van der Waals surface area contributed by atoms with E-state index >= 15 is 0 Å². The van der Waals surface area contributed by atoms with E-state index in [1.807, 2.05) is 0 Å². The molecule has 2 aromatic rings. The molecule has 1 N–H and O–H groups in total. The largest absolute Gasteiger partial charge is 0.465 e. The number of esters is 1. The van der Waals surface area contributed by atoms with Crippen molar-refractivity contribution in [3.8, 4) is 0 Å². The number of rotatable bonds is 3. The Morgan fingerprint density at radius 1 is 1.46 bits per heavy atom. The molecule has 0 fully saturated rings. The topological polar surface area (TPSA) is 103 Å². The molecule has 1 amide bonds. The van der Waals surface area contributed by atoms with Crippen LogP contribution in [0.3, 0.4) is 0 Å². The van der Waals surface area contributed by atoms with Crippen LogP contribution in [0.1, 0.15) is 27.3 Å². The van der Waals surface area contributed by atoms with Crippen LogP contribution in [0.2, 0.25) is 0 Å². The zero-order valence-corrected chi connectivity index (χ0v) is 14.1. The Balaban J connectivity index is 1.70. The van der Waals surface area contributed by atoms with Gasteiger partial charge in [0.15, 0.2) is 5.13 Å². The van der Waals surface area contributed by atoms with Crippen molar-refractivity contribution >= 4 is 28.3 Å². The third-order valence-corrected chi connectivity index (χ3v) is 4.84. The second-order valence-electron chi connectivity index (χ2n) is 5.53. The predicted molar refractivity (Wildman–Crippen MR) is 87.1 cm³/mol. The summed E-state index contributed by atoms with van der Waals surface area (Å²) in [5.41, 5.74) is 1.50. The van der Waals surface area contributed by atoms with Crippen LogP contribution in [-0.4, -0.2) is 33.8 Å². The van der Waals surface area contributed by atoms with E-state index in [9.17, 15) is 14.4 Å². The van der Waals surface area contributed by atoms with Crippen LogP contribution >= 0.6 is 11.3 Å². The first-order valence-electron chi connectivity index (χ1n) is 7.39. The zero-order valence-electron chi connectivity index (χ0n) is 13.2. The first-order chi connectivity index (χ1) is 11.5. The van der Waals surface area contributed by atoms with Gasteiger partial charge in [-0.1, -0.05) is 11.3 Å². The number of aryl methyl sites for hydroxylation is 2. The maximum absolute atomic E-state index is 12.4. The lowest BCUT2D eigenvalue weighted by atomic mass is 9.86. The maximum Gasteiger partial charge on any atom is 0.349 e. The van der Waals surface area contributed by atoms with Crippen molar-refractivity contribution in [2.75, 3.05) is 12.4 Å². The van der Waals surface area contributed by atoms with Gasteiger partial charge in [0, 0.05) is 19.0 Å². The molecule has 0 bridgehead atoms. The van der Waals surface area contributed by atoms with Crippen molar-refractivity contribution < 1.29 is 14.3 Å². The average Bonchev–Trinajstić information content (AvgIpc) is 3.03. The molecule has 1 aliphatic rings. The Kier molecular flexibility index (Phi) is 4.43. The number of nitrogens with zero attached hydrogens (tertiary/aromatic N) is 3. The number of nitrogens with one attached hydrogen (secondary N) is 1. The molecule has 3 rings (SSSR count). The number of amides is 1. The number of thiazole rings is 1. The van der Waals surface area contributed by atoms with Gasteiger partial charge < -0.3 is 10.1 Å². The zero-order chi connectivity index (χ0) is 17.3. The summed E-state index contributed by atoms with van der Waals surface area (Å²) in [6, 6.07) is 1.54. The van der Waals surface area contributed by atoms with Gasteiger partial charge in [-0.2, -0.15) is 5.10 Å². The smallest absolute Gasteiger partial charge is 0.349 e. The van der Waals surface area contributed by atoms with Gasteiger partial charge in [-0.05, 0) is 24.8 Å². The highest BCUT2D eigenvalue weighted by atomic mass is 32.1. The second-order valence-corrected chi connectivity index (χ2v) is 6.56. The standard InChI is InChI=1S/C15H16N4O4S/c1-19-12(20)6-9-5-8(3-4-10(9)18-19)13(21)17-15-16-7-11(24-15)14(22)23-2/h6-8H,3-5H2,1-2H3,(H,16,17,21). The van der Waals surface area contributed by atoms with Crippen molar-refractivity contribution in [3.05, 3.63) is 38.8 Å². The quantitative estimate of drug-likeness (QED) is 0.822. The molecule has 2 heterocycles. The molecule has 0 saturated carbocycles. The van der Waals surface area contributed by atoms with Crippen molar-refractivity contribution in [2.24, 2.45) is 13.0 Å². The summed E-state index contributed by atoms with van der Waals surface area (Å²) in [6.07, 6.45) is 3.14. The Morgan fingerprint density at radius 2 is 2.25 bits per heavy atom. The minimum absolute atomic E-state index is 0.174. The van der Waals surface area contributed by atoms with Gasteiger partial charge in [0.25, 0.3) is 5.56 Å². The molecule has 1 unspecified atom stereocenters. The summed E-state index contributed by atoms with van der Waals surface area (Å²) < 4.78 is 5.92. The van der Waals surface area contributed by atoms with Crippen LogP contribution < -0.4 is 10.9 Å². The average molecular weight is 348 g/mol. The molecule has 0 spiro atoms. The lowest BCUT2D eigenvalue weighted by molar-refractivity contribution is -0.120. The number of methoxy groups -OCH3 is 1. The molecule has 0 radical (unpaired) electrons. The predicted octanol–water partition coefficient (Wildman–Crippen LogP) is 0.767. The minimum Gasteiger partial charge on any atom is -0.465 e. The summed E-state index contributed by atoms with van der Waals surface area (Å²) in [6.45, 7) is 0. The number of aromatic nitrogens is 3. The Morgan fingerprint density at radius 3 is 3.00 bits per heavy atom. The number of anilines is 1. The first kappa shape index (κ1) is 16.3. The summed E-state index contributed by atoms with van der Waals surface area (Å²) in [5.74, 6) is -0.912. The molecule has 0 aliphatic heterocycles. The molecular weight excluding hydrogens is 332 g/mol. The molecule has 1 atom stereocenters. The van der Waals surface area contributed by atoms with Crippen LogP contribution in [0.5, 0.6) is 0 Å². The molecule has 9 heteroatoms. The van der Waals surface area contributed by atoms with Crippen LogP contribution in [0.4, 0.5) is 5.13 Å². The molecule has 126 valence electrons. The molecule has 2 aromatic heterocycles. The van der Waals surface area contributed by atoms with Crippen LogP contribution in [0.25, 0.3) is 0 Å². The number of hydrogen-bond acceptors (Lipinski definition) is 7. The lowest BCUT2D eigenvalue weighted by Crippen LogP contribution is -2.31. The van der Waals surface area contributed by atoms with Gasteiger partial charge in [-0.3, -0.25) is 9.59 Å². The van der Waals surface area contributed by atoms with E-state index < -0.39 is 5.97 Å². The van der Waals surface area contributed by atoms with E-state index in [-0.39, 0.29) is 17.4 Å².